The van der Waals surface area contributed by atoms with Crippen LogP contribution in [0.15, 0.2) is 18.2 Å². The van der Waals surface area contributed by atoms with E-state index < -0.39 is 0 Å². The van der Waals surface area contributed by atoms with E-state index in [0.717, 1.165) is 43.2 Å². The zero-order chi connectivity index (χ0) is 18.6. The summed E-state index contributed by atoms with van der Waals surface area (Å²) in [6.07, 6.45) is 7.78. The maximum atomic E-state index is 5.79. The molecule has 2 saturated heterocycles. The Morgan fingerprint density at radius 1 is 1.15 bits per heavy atom. The molecule has 0 amide bonds. The van der Waals surface area contributed by atoms with Crippen molar-refractivity contribution in [2.75, 3.05) is 60.5 Å². The highest BCUT2D eigenvalue weighted by atomic mass is 16.5. The molecule has 0 N–H and O–H groups in total. The molecule has 0 saturated carbocycles. The first-order valence-corrected chi connectivity index (χ1v) is 9.42. The molecule has 2 aliphatic heterocycles. The van der Waals surface area contributed by atoms with E-state index in [1.54, 1.807) is 7.11 Å². The summed E-state index contributed by atoms with van der Waals surface area (Å²) in [6.45, 7) is 6.83. The summed E-state index contributed by atoms with van der Waals surface area (Å²) >= 11 is 0. The van der Waals surface area contributed by atoms with Crippen molar-refractivity contribution in [3.8, 4) is 23.8 Å². The molecule has 2 aliphatic rings. The van der Waals surface area contributed by atoms with E-state index >= 15 is 0 Å². The Morgan fingerprint density at radius 2 is 1.92 bits per heavy atom. The van der Waals surface area contributed by atoms with Crippen LogP contribution < -0.4 is 9.47 Å². The number of terminal acetylenes is 1. The molecule has 5 heteroatoms. The molecule has 1 aromatic carbocycles. The van der Waals surface area contributed by atoms with Gasteiger partial charge < -0.3 is 14.4 Å². The molecule has 26 heavy (non-hydrogen) atoms. The van der Waals surface area contributed by atoms with Crippen LogP contribution in [0.25, 0.3) is 0 Å². The van der Waals surface area contributed by atoms with Crippen molar-refractivity contribution < 1.29 is 9.47 Å². The number of hydrogen-bond acceptors (Lipinski definition) is 5. The third-order valence-electron chi connectivity index (χ3n) is 5.95. The van der Waals surface area contributed by atoms with Gasteiger partial charge in [-0.2, -0.15) is 0 Å². The minimum absolute atomic E-state index is 0.258. The first kappa shape index (κ1) is 19.0. The van der Waals surface area contributed by atoms with Crippen molar-refractivity contribution in [1.82, 2.24) is 14.7 Å². The Kier molecular flexibility index (Phi) is 6.08. The van der Waals surface area contributed by atoms with Gasteiger partial charge in [0.2, 0.25) is 0 Å². The molecular weight excluding hydrogens is 326 g/mol. The van der Waals surface area contributed by atoms with Crippen molar-refractivity contribution in [2.45, 2.75) is 24.9 Å². The number of para-hydroxylation sites is 1. The summed E-state index contributed by atoms with van der Waals surface area (Å²) < 4.78 is 11.3. The molecule has 0 aromatic heterocycles. The van der Waals surface area contributed by atoms with Gasteiger partial charge in [-0.05, 0) is 33.0 Å². The van der Waals surface area contributed by atoms with Crippen LogP contribution in [0.1, 0.15) is 18.4 Å². The van der Waals surface area contributed by atoms with Gasteiger partial charge in [0.25, 0.3) is 0 Å². The number of methoxy groups -OCH3 is 1. The van der Waals surface area contributed by atoms with Gasteiger partial charge >= 0.3 is 0 Å². The summed E-state index contributed by atoms with van der Waals surface area (Å²) in [5, 5.41) is 0. The van der Waals surface area contributed by atoms with E-state index in [9.17, 15) is 0 Å². The van der Waals surface area contributed by atoms with Crippen LogP contribution in [0.3, 0.4) is 0 Å². The van der Waals surface area contributed by atoms with E-state index in [-0.39, 0.29) is 6.61 Å². The number of rotatable bonds is 5. The lowest BCUT2D eigenvalue weighted by Crippen LogP contribution is -2.63. The number of likely N-dealkylation sites (N-methyl/N-ethyl adjacent to an activating group) is 2. The average Bonchev–Trinajstić information content (AvgIpc) is 2.65. The minimum atomic E-state index is 0.258. The predicted molar refractivity (Wildman–Crippen MR) is 105 cm³/mol. The van der Waals surface area contributed by atoms with Crippen molar-refractivity contribution in [3.63, 3.8) is 0 Å². The Balaban J connectivity index is 1.67. The predicted octanol–water partition coefficient (Wildman–Crippen LogP) is 1.92. The summed E-state index contributed by atoms with van der Waals surface area (Å²) in [5.41, 5.74) is 1.48. The highest BCUT2D eigenvalue weighted by Crippen LogP contribution is 2.35. The number of nitrogens with zero attached hydrogens (tertiary/aromatic N) is 3. The molecule has 142 valence electrons. The summed E-state index contributed by atoms with van der Waals surface area (Å²) in [7, 11) is 6.20. The number of piperidine rings is 1. The Morgan fingerprint density at radius 3 is 2.62 bits per heavy atom. The highest BCUT2D eigenvalue weighted by Gasteiger charge is 2.41. The third kappa shape index (κ3) is 3.98. The maximum Gasteiger partial charge on any atom is 0.167 e. The van der Waals surface area contributed by atoms with E-state index in [4.69, 9.17) is 15.9 Å². The molecule has 0 bridgehead atoms. The summed E-state index contributed by atoms with van der Waals surface area (Å²) in [4.78, 5) is 7.58. The number of likely N-dealkylation sites (tertiary alicyclic amines) is 1. The van der Waals surface area contributed by atoms with Gasteiger partial charge in [-0.1, -0.05) is 18.1 Å². The zero-order valence-electron chi connectivity index (χ0n) is 16.3. The largest absolute Gasteiger partial charge is 0.493 e. The first-order valence-electron chi connectivity index (χ1n) is 9.42. The van der Waals surface area contributed by atoms with Gasteiger partial charge in [-0.25, -0.2) is 0 Å². The van der Waals surface area contributed by atoms with Gasteiger partial charge in [0.1, 0.15) is 6.61 Å². The van der Waals surface area contributed by atoms with Gasteiger partial charge in [0, 0.05) is 50.4 Å². The average molecular weight is 357 g/mol. The molecule has 1 aromatic rings. The number of ether oxygens (including phenoxy) is 2. The van der Waals surface area contributed by atoms with Gasteiger partial charge in [0.05, 0.1) is 7.11 Å². The highest BCUT2D eigenvalue weighted by molar-refractivity contribution is 5.46. The molecule has 0 radical (unpaired) electrons. The zero-order valence-corrected chi connectivity index (χ0v) is 16.3. The normalized spacial score (nSPS) is 21.5. The third-order valence-corrected chi connectivity index (χ3v) is 5.95. The standard InChI is InChI=1S/C21H31N3O2/c1-5-15-26-20-18(7-6-8-19(20)25-4)16-24-11-9-21(10-12-24)17-22(2)13-14-23(21)3/h1,6-8H,9-17H2,2-4H3. The fourth-order valence-electron chi connectivity index (χ4n) is 4.29. The Labute approximate surface area is 157 Å². The van der Waals surface area contributed by atoms with Crippen LogP contribution in [-0.2, 0) is 6.54 Å². The van der Waals surface area contributed by atoms with Crippen LogP contribution >= 0.6 is 0 Å². The molecule has 2 heterocycles. The quantitative estimate of drug-likeness (QED) is 0.751. The SMILES string of the molecule is C#CCOc1c(CN2CCC3(CC2)CN(C)CCN3C)cccc1OC. The van der Waals surface area contributed by atoms with Crippen LogP contribution in [0.5, 0.6) is 11.5 Å². The Hall–Kier alpha value is -1.74. The topological polar surface area (TPSA) is 28.2 Å². The van der Waals surface area contributed by atoms with Crippen molar-refractivity contribution in [2.24, 2.45) is 0 Å². The number of piperazine rings is 1. The van der Waals surface area contributed by atoms with Gasteiger partial charge in [-0.3, -0.25) is 9.80 Å². The summed E-state index contributed by atoms with van der Waals surface area (Å²) in [5.74, 6) is 4.07. The fourth-order valence-corrected chi connectivity index (χ4v) is 4.29. The van der Waals surface area contributed by atoms with Crippen LogP contribution in [0, 0.1) is 12.3 Å². The van der Waals surface area contributed by atoms with E-state index in [1.807, 2.05) is 12.1 Å². The molecule has 0 atom stereocenters. The molecule has 3 rings (SSSR count). The molecule has 5 nitrogen and oxygen atoms in total. The van der Waals surface area contributed by atoms with Crippen LogP contribution in [0.4, 0.5) is 0 Å². The second-order valence-electron chi connectivity index (χ2n) is 7.60. The lowest BCUT2D eigenvalue weighted by atomic mass is 9.83. The van der Waals surface area contributed by atoms with E-state index in [1.165, 1.54) is 25.9 Å². The monoisotopic (exact) mass is 357 g/mol. The van der Waals surface area contributed by atoms with E-state index in [0.29, 0.717) is 5.54 Å². The number of hydrogen-bond donors (Lipinski definition) is 0. The molecule has 0 aliphatic carbocycles. The fraction of sp³-hybridized carbons (Fsp3) is 0.619. The Bertz CT molecular complexity index is 647. The lowest BCUT2D eigenvalue weighted by molar-refractivity contribution is -0.0206. The lowest BCUT2D eigenvalue weighted by Gasteiger charge is -2.52. The smallest absolute Gasteiger partial charge is 0.167 e. The van der Waals surface area contributed by atoms with Crippen molar-refractivity contribution >= 4 is 0 Å². The maximum absolute atomic E-state index is 5.79. The minimum Gasteiger partial charge on any atom is -0.493 e. The van der Waals surface area contributed by atoms with Crippen molar-refractivity contribution in [1.29, 1.82) is 0 Å². The van der Waals surface area contributed by atoms with Gasteiger partial charge in [-0.15, -0.1) is 6.42 Å². The second-order valence-corrected chi connectivity index (χ2v) is 7.60. The van der Waals surface area contributed by atoms with Gasteiger partial charge in [0.15, 0.2) is 11.5 Å². The number of benzene rings is 1. The molecular formula is C21H31N3O2. The van der Waals surface area contributed by atoms with E-state index in [2.05, 4.69) is 40.8 Å². The summed E-state index contributed by atoms with van der Waals surface area (Å²) in [6, 6.07) is 6.05. The first-order chi connectivity index (χ1) is 12.6. The molecule has 1 spiro atoms. The molecule has 0 unspecified atom stereocenters. The van der Waals surface area contributed by atoms with Crippen molar-refractivity contribution in [3.05, 3.63) is 23.8 Å². The van der Waals surface area contributed by atoms with Crippen LogP contribution in [-0.4, -0.2) is 80.8 Å². The molecule has 2 fully saturated rings. The second kappa shape index (κ2) is 8.30. The van der Waals surface area contributed by atoms with Crippen LogP contribution in [0.2, 0.25) is 0 Å².